The highest BCUT2D eigenvalue weighted by molar-refractivity contribution is 6.05. The van der Waals surface area contributed by atoms with Gasteiger partial charge in [0.2, 0.25) is 5.91 Å². The van der Waals surface area contributed by atoms with E-state index in [2.05, 4.69) is 11.6 Å². The average Bonchev–Trinajstić information content (AvgIpc) is 2.63. The fraction of sp³-hybridized carbons (Fsp3) is 0.364. The maximum Gasteiger partial charge on any atom is 0.228 e. The molecule has 0 unspecified atom stereocenters. The zero-order chi connectivity index (χ0) is 11.3. The maximum atomic E-state index is 11.5. The van der Waals surface area contributed by atoms with Crippen molar-refractivity contribution in [3.8, 4) is 6.07 Å². The molecule has 0 aromatic carbocycles. The second-order valence-corrected chi connectivity index (χ2v) is 3.26. The molecule has 0 atom stereocenters. The van der Waals surface area contributed by atoms with Crippen LogP contribution in [-0.4, -0.2) is 23.2 Å². The SMILES string of the molecule is C=CN=C(/C=C(\C)C#N)N1CCCC1=O. The van der Waals surface area contributed by atoms with E-state index >= 15 is 0 Å². The van der Waals surface area contributed by atoms with Gasteiger partial charge in [0.15, 0.2) is 0 Å². The number of hydrogen-bond donors (Lipinski definition) is 0. The Morgan fingerprint density at radius 1 is 1.73 bits per heavy atom. The van der Waals surface area contributed by atoms with Gasteiger partial charge in [-0.3, -0.25) is 9.69 Å². The van der Waals surface area contributed by atoms with Crippen LogP contribution in [0.3, 0.4) is 0 Å². The van der Waals surface area contributed by atoms with Gasteiger partial charge in [0, 0.05) is 24.7 Å². The number of hydrogen-bond acceptors (Lipinski definition) is 3. The van der Waals surface area contributed by atoms with E-state index in [0.717, 1.165) is 6.42 Å². The molecule has 0 saturated carbocycles. The van der Waals surface area contributed by atoms with Crippen LogP contribution in [0.2, 0.25) is 0 Å². The summed E-state index contributed by atoms with van der Waals surface area (Å²) in [5.41, 5.74) is 0.523. The van der Waals surface area contributed by atoms with E-state index in [1.54, 1.807) is 17.9 Å². The van der Waals surface area contributed by atoms with Crippen LogP contribution < -0.4 is 0 Å². The number of amidine groups is 1. The number of nitriles is 1. The van der Waals surface area contributed by atoms with Crippen molar-refractivity contribution in [2.75, 3.05) is 6.54 Å². The molecule has 0 spiro atoms. The molecular weight excluding hydrogens is 190 g/mol. The number of amides is 1. The minimum atomic E-state index is 0.0533. The normalized spacial score (nSPS) is 17.9. The van der Waals surface area contributed by atoms with Gasteiger partial charge in [-0.1, -0.05) is 6.58 Å². The summed E-state index contributed by atoms with van der Waals surface area (Å²) in [4.78, 5) is 17.0. The number of likely N-dealkylation sites (tertiary alicyclic amines) is 1. The van der Waals surface area contributed by atoms with Gasteiger partial charge in [-0.15, -0.1) is 0 Å². The Bertz CT molecular complexity index is 374. The average molecular weight is 203 g/mol. The van der Waals surface area contributed by atoms with Crippen LogP contribution >= 0.6 is 0 Å². The topological polar surface area (TPSA) is 56.5 Å². The second kappa shape index (κ2) is 5.11. The molecule has 1 heterocycles. The summed E-state index contributed by atoms with van der Waals surface area (Å²) in [5, 5.41) is 8.66. The maximum absolute atomic E-state index is 11.5. The van der Waals surface area contributed by atoms with Gasteiger partial charge in [0.25, 0.3) is 0 Å². The van der Waals surface area contributed by atoms with E-state index in [0.29, 0.717) is 24.4 Å². The van der Waals surface area contributed by atoms with E-state index in [1.165, 1.54) is 6.20 Å². The fourth-order valence-corrected chi connectivity index (χ4v) is 1.39. The van der Waals surface area contributed by atoms with Gasteiger partial charge in [0.1, 0.15) is 5.84 Å². The molecule has 1 fully saturated rings. The molecule has 0 bridgehead atoms. The summed E-state index contributed by atoms with van der Waals surface area (Å²) in [7, 11) is 0. The summed E-state index contributed by atoms with van der Waals surface area (Å²) in [6.45, 7) is 5.84. The number of aliphatic imine (C=N–C) groups is 1. The van der Waals surface area contributed by atoms with Crippen LogP contribution in [0.15, 0.2) is 29.4 Å². The van der Waals surface area contributed by atoms with Crippen molar-refractivity contribution in [1.29, 1.82) is 5.26 Å². The first-order chi connectivity index (χ1) is 7.19. The lowest BCUT2D eigenvalue weighted by molar-refractivity contribution is -0.124. The Morgan fingerprint density at radius 3 is 2.93 bits per heavy atom. The summed E-state index contributed by atoms with van der Waals surface area (Å²) < 4.78 is 0. The predicted octanol–water partition coefficient (Wildman–Crippen LogP) is 1.62. The number of nitrogens with zero attached hydrogens (tertiary/aromatic N) is 3. The van der Waals surface area contributed by atoms with E-state index in [9.17, 15) is 4.79 Å². The third-order valence-electron chi connectivity index (χ3n) is 2.10. The fourth-order valence-electron chi connectivity index (χ4n) is 1.39. The lowest BCUT2D eigenvalue weighted by Crippen LogP contribution is -2.30. The minimum absolute atomic E-state index is 0.0533. The molecular formula is C11H13N3O. The molecule has 0 aliphatic carbocycles. The van der Waals surface area contributed by atoms with Crippen molar-refractivity contribution in [3.05, 3.63) is 24.4 Å². The smallest absolute Gasteiger partial charge is 0.228 e. The van der Waals surface area contributed by atoms with Crippen LogP contribution in [0.1, 0.15) is 19.8 Å². The summed E-state index contributed by atoms with van der Waals surface area (Å²) >= 11 is 0. The molecule has 0 aromatic rings. The van der Waals surface area contributed by atoms with Crippen LogP contribution in [-0.2, 0) is 4.79 Å². The van der Waals surface area contributed by atoms with E-state index < -0.39 is 0 Å². The molecule has 0 radical (unpaired) electrons. The number of allylic oxidation sites excluding steroid dienone is 1. The second-order valence-electron chi connectivity index (χ2n) is 3.26. The van der Waals surface area contributed by atoms with Crippen LogP contribution in [0, 0.1) is 11.3 Å². The van der Waals surface area contributed by atoms with Crippen LogP contribution in [0.25, 0.3) is 0 Å². The van der Waals surface area contributed by atoms with Crippen molar-refractivity contribution in [1.82, 2.24) is 4.90 Å². The molecule has 1 amide bonds. The molecule has 1 rings (SSSR count). The summed E-state index contributed by atoms with van der Waals surface area (Å²) in [6, 6.07) is 2.00. The molecule has 0 aromatic heterocycles. The molecule has 1 aliphatic heterocycles. The largest absolute Gasteiger partial charge is 0.297 e. The first kappa shape index (κ1) is 11.2. The van der Waals surface area contributed by atoms with Gasteiger partial charge < -0.3 is 0 Å². The minimum Gasteiger partial charge on any atom is -0.297 e. The molecule has 78 valence electrons. The molecule has 4 heteroatoms. The number of carbonyl (C=O) groups excluding carboxylic acids is 1. The highest BCUT2D eigenvalue weighted by Crippen LogP contribution is 2.12. The van der Waals surface area contributed by atoms with E-state index in [1.807, 2.05) is 6.07 Å². The predicted molar refractivity (Wildman–Crippen MR) is 57.9 cm³/mol. The standard InChI is InChI=1S/C11H13N3O/c1-3-13-10(7-9(2)8-12)14-6-4-5-11(14)15/h3,7H,1,4-6H2,2H3/b9-7+,13-10?. The third kappa shape index (κ3) is 2.78. The highest BCUT2D eigenvalue weighted by Gasteiger charge is 2.23. The Hall–Kier alpha value is -1.89. The zero-order valence-corrected chi connectivity index (χ0v) is 8.73. The molecule has 15 heavy (non-hydrogen) atoms. The zero-order valence-electron chi connectivity index (χ0n) is 8.73. The Morgan fingerprint density at radius 2 is 2.47 bits per heavy atom. The Labute approximate surface area is 89.2 Å². The van der Waals surface area contributed by atoms with Gasteiger partial charge in [-0.2, -0.15) is 5.26 Å². The molecule has 1 saturated heterocycles. The van der Waals surface area contributed by atoms with Crippen molar-refractivity contribution in [3.63, 3.8) is 0 Å². The number of rotatable bonds is 2. The monoisotopic (exact) mass is 203 g/mol. The Balaban J connectivity index is 2.94. The molecule has 0 N–H and O–H groups in total. The quantitative estimate of drug-likeness (QED) is 0.389. The molecule has 1 aliphatic rings. The Kier molecular flexibility index (Phi) is 3.81. The summed E-state index contributed by atoms with van der Waals surface area (Å²) in [6.07, 6.45) is 4.37. The lowest BCUT2D eigenvalue weighted by atomic mass is 10.3. The summed E-state index contributed by atoms with van der Waals surface area (Å²) in [5.74, 6) is 0.559. The lowest BCUT2D eigenvalue weighted by Gasteiger charge is -2.14. The molecule has 4 nitrogen and oxygen atoms in total. The van der Waals surface area contributed by atoms with Crippen molar-refractivity contribution < 1.29 is 4.79 Å². The highest BCUT2D eigenvalue weighted by atomic mass is 16.2. The first-order valence-electron chi connectivity index (χ1n) is 4.76. The van der Waals surface area contributed by atoms with Gasteiger partial charge in [-0.05, 0) is 19.4 Å². The third-order valence-corrected chi connectivity index (χ3v) is 2.10. The van der Waals surface area contributed by atoms with Gasteiger partial charge in [-0.25, -0.2) is 4.99 Å². The van der Waals surface area contributed by atoms with Crippen molar-refractivity contribution in [2.45, 2.75) is 19.8 Å². The number of carbonyl (C=O) groups is 1. The first-order valence-corrected chi connectivity index (χ1v) is 4.76. The van der Waals surface area contributed by atoms with Crippen molar-refractivity contribution in [2.24, 2.45) is 4.99 Å². The van der Waals surface area contributed by atoms with E-state index in [4.69, 9.17) is 5.26 Å². The van der Waals surface area contributed by atoms with E-state index in [-0.39, 0.29) is 5.91 Å². The van der Waals surface area contributed by atoms with Crippen LogP contribution in [0.5, 0.6) is 0 Å². The van der Waals surface area contributed by atoms with Gasteiger partial charge in [0.05, 0.1) is 6.07 Å². The van der Waals surface area contributed by atoms with Crippen molar-refractivity contribution >= 4 is 11.7 Å². The van der Waals surface area contributed by atoms with Crippen LogP contribution in [0.4, 0.5) is 0 Å². The van der Waals surface area contributed by atoms with Gasteiger partial charge >= 0.3 is 0 Å².